The molecule has 6 heteroatoms. The van der Waals surface area contributed by atoms with E-state index in [2.05, 4.69) is 26.1 Å². The van der Waals surface area contributed by atoms with Gasteiger partial charge in [-0.05, 0) is 40.2 Å². The summed E-state index contributed by atoms with van der Waals surface area (Å²) < 4.78 is 6.33. The van der Waals surface area contributed by atoms with E-state index in [0.717, 1.165) is 0 Å². The summed E-state index contributed by atoms with van der Waals surface area (Å²) in [6, 6.07) is 8.83. The van der Waals surface area contributed by atoms with Crippen LogP contribution in [0.4, 0.5) is 0 Å². The van der Waals surface area contributed by atoms with Crippen molar-refractivity contribution in [2.45, 2.75) is 0 Å². The van der Waals surface area contributed by atoms with Crippen LogP contribution in [0.25, 0.3) is 0 Å². The minimum absolute atomic E-state index is 0.0265. The van der Waals surface area contributed by atoms with Gasteiger partial charge in [0, 0.05) is 10.7 Å². The van der Waals surface area contributed by atoms with Crippen molar-refractivity contribution in [2.75, 3.05) is 0 Å². The number of halogens is 1. The Bertz CT molecular complexity index is 573. The molecule has 0 unspecified atom stereocenters. The molecule has 3 N–H and O–H groups in total. The topological polar surface area (TPSA) is 80.7 Å². The molecule has 0 saturated carbocycles. The number of ether oxygens (including phenoxy) is 1. The van der Waals surface area contributed by atoms with E-state index in [1.54, 1.807) is 42.7 Å². The van der Waals surface area contributed by atoms with E-state index < -0.39 is 0 Å². The van der Waals surface area contributed by atoms with Gasteiger partial charge in [-0.25, -0.2) is 0 Å². The summed E-state index contributed by atoms with van der Waals surface area (Å²) in [5.41, 5.74) is 6.11. The first-order valence-electron chi connectivity index (χ1n) is 5.06. The van der Waals surface area contributed by atoms with Crippen LogP contribution in [0, 0.1) is 0 Å². The molecule has 0 aliphatic carbocycles. The molecule has 0 atom stereocenters. The lowest BCUT2D eigenvalue weighted by atomic mass is 10.2. The molecule has 2 aromatic rings. The molecule has 92 valence electrons. The summed E-state index contributed by atoms with van der Waals surface area (Å²) in [5, 5.41) is 11.8. The molecule has 0 fully saturated rings. The first-order valence-corrected chi connectivity index (χ1v) is 5.86. The first-order chi connectivity index (χ1) is 8.72. The highest BCUT2D eigenvalue weighted by atomic mass is 79.9. The molecule has 0 amide bonds. The van der Waals surface area contributed by atoms with Crippen molar-refractivity contribution in [1.82, 2.24) is 4.98 Å². The molecule has 0 aliphatic rings. The molecule has 5 nitrogen and oxygen atoms in total. The number of rotatable bonds is 3. The third kappa shape index (κ3) is 2.60. The van der Waals surface area contributed by atoms with Gasteiger partial charge in [0.1, 0.15) is 11.5 Å². The van der Waals surface area contributed by atoms with Crippen LogP contribution in [-0.2, 0) is 0 Å². The summed E-state index contributed by atoms with van der Waals surface area (Å²) in [4.78, 5) is 3.95. The van der Waals surface area contributed by atoms with Gasteiger partial charge < -0.3 is 15.7 Å². The van der Waals surface area contributed by atoms with Crippen molar-refractivity contribution in [1.29, 1.82) is 0 Å². The van der Waals surface area contributed by atoms with E-state index in [0.29, 0.717) is 21.5 Å². The van der Waals surface area contributed by atoms with Gasteiger partial charge in [0.05, 0.1) is 11.8 Å². The van der Waals surface area contributed by atoms with Crippen molar-refractivity contribution in [3.05, 3.63) is 52.8 Å². The third-order valence-corrected chi connectivity index (χ3v) is 2.86. The van der Waals surface area contributed by atoms with Crippen LogP contribution < -0.4 is 10.5 Å². The summed E-state index contributed by atoms with van der Waals surface area (Å²) >= 11 is 3.33. The fourth-order valence-electron chi connectivity index (χ4n) is 1.42. The number of benzene rings is 1. The van der Waals surface area contributed by atoms with Crippen LogP contribution in [0.2, 0.25) is 0 Å². The van der Waals surface area contributed by atoms with Gasteiger partial charge in [0.15, 0.2) is 5.84 Å². The molecule has 1 aromatic heterocycles. The van der Waals surface area contributed by atoms with E-state index in [1.165, 1.54) is 0 Å². The van der Waals surface area contributed by atoms with Gasteiger partial charge >= 0.3 is 0 Å². The molecule has 2 rings (SSSR count). The average Bonchev–Trinajstić information content (AvgIpc) is 2.39. The standard InChI is InChI=1S/C12H10BrN3O2/c13-9-4-1-5-10(11(9)12(14)16-17)18-8-3-2-6-15-7-8/h1-7,17H,(H2,14,16). The summed E-state index contributed by atoms with van der Waals surface area (Å²) in [6.07, 6.45) is 3.23. The second kappa shape index (κ2) is 5.50. The maximum Gasteiger partial charge on any atom is 0.175 e. The zero-order chi connectivity index (χ0) is 13.0. The van der Waals surface area contributed by atoms with Gasteiger partial charge in [-0.1, -0.05) is 11.2 Å². The Morgan fingerprint density at radius 2 is 2.17 bits per heavy atom. The van der Waals surface area contributed by atoms with Crippen LogP contribution in [0.15, 0.2) is 52.4 Å². The largest absolute Gasteiger partial charge is 0.455 e. The van der Waals surface area contributed by atoms with Crippen molar-refractivity contribution >= 4 is 21.8 Å². The summed E-state index contributed by atoms with van der Waals surface area (Å²) in [5.74, 6) is 1.02. The molecular weight excluding hydrogens is 298 g/mol. The highest BCUT2D eigenvalue weighted by molar-refractivity contribution is 9.10. The molecule has 0 saturated heterocycles. The monoisotopic (exact) mass is 307 g/mol. The molecule has 0 radical (unpaired) electrons. The molecule has 1 heterocycles. The number of pyridine rings is 1. The van der Waals surface area contributed by atoms with Gasteiger partial charge in [-0.3, -0.25) is 4.98 Å². The molecule has 18 heavy (non-hydrogen) atoms. The zero-order valence-corrected chi connectivity index (χ0v) is 10.8. The fraction of sp³-hybridized carbons (Fsp3) is 0. The van der Waals surface area contributed by atoms with E-state index in [9.17, 15) is 0 Å². The Morgan fingerprint density at radius 3 is 2.83 bits per heavy atom. The Hall–Kier alpha value is -2.08. The van der Waals surface area contributed by atoms with Gasteiger partial charge in [-0.15, -0.1) is 0 Å². The maximum absolute atomic E-state index is 8.78. The Labute approximate surface area is 112 Å². The highest BCUT2D eigenvalue weighted by Gasteiger charge is 2.13. The number of hydrogen-bond donors (Lipinski definition) is 2. The van der Waals surface area contributed by atoms with Crippen molar-refractivity contribution in [2.24, 2.45) is 10.9 Å². The molecular formula is C12H10BrN3O2. The summed E-state index contributed by atoms with van der Waals surface area (Å²) in [7, 11) is 0. The molecule has 0 aliphatic heterocycles. The van der Waals surface area contributed by atoms with E-state index >= 15 is 0 Å². The normalized spacial score (nSPS) is 11.3. The lowest BCUT2D eigenvalue weighted by molar-refractivity contribution is 0.318. The van der Waals surface area contributed by atoms with Crippen LogP contribution in [0.1, 0.15) is 5.56 Å². The minimum atomic E-state index is -0.0265. The van der Waals surface area contributed by atoms with Crippen molar-refractivity contribution in [3.63, 3.8) is 0 Å². The molecule has 0 bridgehead atoms. The SMILES string of the molecule is N/C(=N/O)c1c(Br)cccc1Oc1cccnc1. The number of hydrogen-bond acceptors (Lipinski definition) is 4. The van der Waals surface area contributed by atoms with Crippen LogP contribution >= 0.6 is 15.9 Å². The van der Waals surface area contributed by atoms with E-state index in [1.807, 2.05) is 0 Å². The third-order valence-electron chi connectivity index (χ3n) is 2.20. The molecule has 1 aromatic carbocycles. The second-order valence-corrected chi connectivity index (χ2v) is 4.24. The van der Waals surface area contributed by atoms with E-state index in [-0.39, 0.29) is 5.84 Å². The number of aromatic nitrogens is 1. The Morgan fingerprint density at radius 1 is 1.33 bits per heavy atom. The minimum Gasteiger partial charge on any atom is -0.455 e. The average molecular weight is 308 g/mol. The zero-order valence-electron chi connectivity index (χ0n) is 9.25. The van der Waals surface area contributed by atoms with Gasteiger partial charge in [0.2, 0.25) is 0 Å². The highest BCUT2D eigenvalue weighted by Crippen LogP contribution is 2.30. The Kier molecular flexibility index (Phi) is 3.78. The maximum atomic E-state index is 8.78. The van der Waals surface area contributed by atoms with Gasteiger partial charge in [0.25, 0.3) is 0 Å². The number of oxime groups is 1. The van der Waals surface area contributed by atoms with Crippen molar-refractivity contribution < 1.29 is 9.94 Å². The number of nitrogens with zero attached hydrogens (tertiary/aromatic N) is 2. The van der Waals surface area contributed by atoms with Crippen LogP contribution in [0.3, 0.4) is 0 Å². The summed E-state index contributed by atoms with van der Waals surface area (Å²) in [6.45, 7) is 0. The quantitative estimate of drug-likeness (QED) is 0.395. The lowest BCUT2D eigenvalue weighted by Crippen LogP contribution is -2.15. The predicted molar refractivity (Wildman–Crippen MR) is 71.0 cm³/mol. The predicted octanol–water partition coefficient (Wildman–Crippen LogP) is 2.73. The number of amidine groups is 1. The van der Waals surface area contributed by atoms with E-state index in [4.69, 9.17) is 15.7 Å². The Balaban J connectivity index is 2.42. The second-order valence-electron chi connectivity index (χ2n) is 3.39. The van der Waals surface area contributed by atoms with Gasteiger partial charge in [-0.2, -0.15) is 0 Å². The van der Waals surface area contributed by atoms with Crippen LogP contribution in [-0.4, -0.2) is 16.0 Å². The van der Waals surface area contributed by atoms with Crippen molar-refractivity contribution in [3.8, 4) is 11.5 Å². The first kappa shape index (κ1) is 12.4. The smallest absolute Gasteiger partial charge is 0.175 e. The fourth-order valence-corrected chi connectivity index (χ4v) is 1.97. The number of nitrogens with two attached hydrogens (primary N) is 1. The molecule has 0 spiro atoms. The lowest BCUT2D eigenvalue weighted by Gasteiger charge is -2.11. The van der Waals surface area contributed by atoms with Crippen LogP contribution in [0.5, 0.6) is 11.5 Å².